The van der Waals surface area contributed by atoms with E-state index in [1.807, 2.05) is 36.4 Å². The van der Waals surface area contributed by atoms with Crippen molar-refractivity contribution >= 4 is 23.1 Å². The summed E-state index contributed by atoms with van der Waals surface area (Å²) in [7, 11) is 0. The van der Waals surface area contributed by atoms with E-state index in [0.717, 1.165) is 62.3 Å². The lowest BCUT2D eigenvalue weighted by atomic mass is 9.94. The number of nitrogens with one attached hydrogen (secondary N) is 2. The number of nitrogens with zero attached hydrogens (tertiary/aromatic N) is 3. The molecule has 4 aromatic rings. The topological polar surface area (TPSA) is 84.5 Å². The summed E-state index contributed by atoms with van der Waals surface area (Å²) in [6.45, 7) is 3.20. The first kappa shape index (κ1) is 24.8. The summed E-state index contributed by atoms with van der Waals surface area (Å²) < 4.78 is 0. The van der Waals surface area contributed by atoms with Crippen LogP contribution in [0.15, 0.2) is 84.9 Å². The third kappa shape index (κ3) is 6.68. The Morgan fingerprint density at radius 1 is 0.973 bits per heavy atom. The molecule has 3 aromatic carbocycles. The van der Waals surface area contributed by atoms with Crippen LogP contribution in [0.25, 0.3) is 11.0 Å². The molecule has 0 bridgehead atoms. The highest BCUT2D eigenvalue weighted by atomic mass is 16.4. The molecule has 0 aliphatic carbocycles. The number of H-pyrrole nitrogens is 1. The minimum atomic E-state index is -0.822. The molecule has 1 aliphatic rings. The standard InChI is InChI=1S/C30H35N5O2/c36-30(37)35-19-17-25(31-29-32-27-15-7-8-16-28(27)33-29)20-26(35)14-9-18-34(21-23-10-3-1-4-11-23)22-24-12-5-2-6-13-24/h1-8,10-13,15-16,25-26H,9,14,17-22H2,(H,36,37)(H2,31,32,33)/t25-,26-/m0/s1. The molecule has 7 heteroatoms. The number of aromatic nitrogens is 2. The number of piperidine rings is 1. The van der Waals surface area contributed by atoms with Crippen LogP contribution < -0.4 is 5.32 Å². The third-order valence-corrected chi connectivity index (χ3v) is 7.20. The van der Waals surface area contributed by atoms with Gasteiger partial charge in [0.25, 0.3) is 0 Å². The van der Waals surface area contributed by atoms with Crippen LogP contribution in [0.3, 0.4) is 0 Å². The molecule has 1 fully saturated rings. The number of amides is 1. The van der Waals surface area contributed by atoms with Gasteiger partial charge in [0.2, 0.25) is 5.95 Å². The van der Waals surface area contributed by atoms with Gasteiger partial charge in [0.05, 0.1) is 11.0 Å². The monoisotopic (exact) mass is 497 g/mol. The minimum Gasteiger partial charge on any atom is -0.465 e. The van der Waals surface area contributed by atoms with E-state index in [-0.39, 0.29) is 12.1 Å². The average Bonchev–Trinajstić information content (AvgIpc) is 3.32. The van der Waals surface area contributed by atoms with Gasteiger partial charge >= 0.3 is 6.09 Å². The van der Waals surface area contributed by atoms with Crippen molar-refractivity contribution in [2.24, 2.45) is 0 Å². The van der Waals surface area contributed by atoms with E-state index < -0.39 is 6.09 Å². The van der Waals surface area contributed by atoms with Crippen molar-refractivity contribution in [1.29, 1.82) is 0 Å². The van der Waals surface area contributed by atoms with Gasteiger partial charge in [0.15, 0.2) is 0 Å². The number of carbonyl (C=O) groups is 1. The van der Waals surface area contributed by atoms with E-state index >= 15 is 0 Å². The van der Waals surface area contributed by atoms with Crippen LogP contribution >= 0.6 is 0 Å². The van der Waals surface area contributed by atoms with E-state index in [2.05, 4.69) is 68.7 Å². The number of anilines is 1. The van der Waals surface area contributed by atoms with Crippen molar-refractivity contribution in [3.63, 3.8) is 0 Å². The van der Waals surface area contributed by atoms with Gasteiger partial charge in [-0.05, 0) is 55.5 Å². The smallest absolute Gasteiger partial charge is 0.407 e. The van der Waals surface area contributed by atoms with Gasteiger partial charge in [0, 0.05) is 31.7 Å². The van der Waals surface area contributed by atoms with Gasteiger partial charge in [-0.1, -0.05) is 72.8 Å². The summed E-state index contributed by atoms with van der Waals surface area (Å²) >= 11 is 0. The maximum Gasteiger partial charge on any atom is 0.407 e. The zero-order chi connectivity index (χ0) is 25.5. The lowest BCUT2D eigenvalue weighted by Crippen LogP contribution is -2.49. The molecule has 37 heavy (non-hydrogen) atoms. The van der Waals surface area contributed by atoms with Crippen molar-refractivity contribution in [2.75, 3.05) is 18.4 Å². The van der Waals surface area contributed by atoms with E-state index in [1.165, 1.54) is 11.1 Å². The number of likely N-dealkylation sites (tertiary alicyclic amines) is 1. The van der Waals surface area contributed by atoms with E-state index in [9.17, 15) is 9.90 Å². The first-order valence-corrected chi connectivity index (χ1v) is 13.1. The number of benzene rings is 3. The lowest BCUT2D eigenvalue weighted by molar-refractivity contribution is 0.0972. The van der Waals surface area contributed by atoms with Gasteiger partial charge < -0.3 is 20.3 Å². The lowest BCUT2D eigenvalue weighted by Gasteiger charge is -2.38. The molecule has 3 N–H and O–H groups in total. The van der Waals surface area contributed by atoms with Crippen molar-refractivity contribution in [3.8, 4) is 0 Å². The molecular weight excluding hydrogens is 462 g/mol. The maximum absolute atomic E-state index is 12.0. The number of aromatic amines is 1. The number of fused-ring (bicyclic) bond motifs is 1. The molecule has 1 aliphatic heterocycles. The van der Waals surface area contributed by atoms with E-state index in [0.29, 0.717) is 6.54 Å². The Hall–Kier alpha value is -3.84. The van der Waals surface area contributed by atoms with Crippen LogP contribution in [0, 0.1) is 0 Å². The molecule has 2 heterocycles. The van der Waals surface area contributed by atoms with Crippen LogP contribution in [0.1, 0.15) is 36.8 Å². The summed E-state index contributed by atoms with van der Waals surface area (Å²) in [6.07, 6.45) is 2.50. The Labute approximate surface area is 218 Å². The summed E-state index contributed by atoms with van der Waals surface area (Å²) in [5, 5.41) is 13.4. The molecule has 0 saturated carbocycles. The molecule has 2 atom stereocenters. The third-order valence-electron chi connectivity index (χ3n) is 7.20. The van der Waals surface area contributed by atoms with Crippen LogP contribution in [0.2, 0.25) is 0 Å². The highest BCUT2D eigenvalue weighted by Crippen LogP contribution is 2.25. The molecular formula is C30H35N5O2. The fourth-order valence-corrected chi connectivity index (χ4v) is 5.37. The second-order valence-electron chi connectivity index (χ2n) is 9.92. The van der Waals surface area contributed by atoms with Crippen LogP contribution in [0.5, 0.6) is 0 Å². The molecule has 1 aromatic heterocycles. The Kier molecular flexibility index (Phi) is 8.01. The molecule has 0 radical (unpaired) electrons. The zero-order valence-electron chi connectivity index (χ0n) is 21.1. The summed E-state index contributed by atoms with van der Waals surface area (Å²) in [6, 6.07) is 29.2. The number of hydrogen-bond donors (Lipinski definition) is 3. The highest BCUT2D eigenvalue weighted by molar-refractivity contribution is 5.77. The molecule has 1 amide bonds. The number of rotatable bonds is 10. The Morgan fingerprint density at radius 2 is 1.62 bits per heavy atom. The molecule has 7 nitrogen and oxygen atoms in total. The largest absolute Gasteiger partial charge is 0.465 e. The van der Waals surface area contributed by atoms with Gasteiger partial charge in [-0.3, -0.25) is 4.90 Å². The predicted molar refractivity (Wildman–Crippen MR) is 147 cm³/mol. The summed E-state index contributed by atoms with van der Waals surface area (Å²) in [5.41, 5.74) is 4.51. The first-order valence-electron chi connectivity index (χ1n) is 13.1. The molecule has 1 saturated heterocycles. The van der Waals surface area contributed by atoms with Gasteiger partial charge in [-0.2, -0.15) is 0 Å². The molecule has 5 rings (SSSR count). The highest BCUT2D eigenvalue weighted by Gasteiger charge is 2.31. The van der Waals surface area contributed by atoms with Gasteiger partial charge in [-0.15, -0.1) is 0 Å². The quantitative estimate of drug-likeness (QED) is 0.251. The SMILES string of the molecule is O=C(O)N1CC[C@H](Nc2nc3ccccc3[nH]2)C[C@@H]1CCCN(Cc1ccccc1)Cc1ccccc1. The Balaban J connectivity index is 1.21. The van der Waals surface area contributed by atoms with Crippen molar-refractivity contribution in [2.45, 2.75) is 50.9 Å². The normalized spacial score (nSPS) is 17.8. The second kappa shape index (κ2) is 11.9. The van der Waals surface area contributed by atoms with Crippen LogP contribution in [0.4, 0.5) is 10.7 Å². The van der Waals surface area contributed by atoms with Crippen molar-refractivity contribution < 1.29 is 9.90 Å². The van der Waals surface area contributed by atoms with E-state index in [4.69, 9.17) is 0 Å². The Morgan fingerprint density at radius 3 is 2.27 bits per heavy atom. The first-order chi connectivity index (χ1) is 18.1. The number of para-hydroxylation sites is 2. The predicted octanol–water partition coefficient (Wildman–Crippen LogP) is 5.97. The van der Waals surface area contributed by atoms with Gasteiger partial charge in [0.1, 0.15) is 0 Å². The van der Waals surface area contributed by atoms with Gasteiger partial charge in [-0.25, -0.2) is 9.78 Å². The van der Waals surface area contributed by atoms with Crippen LogP contribution in [-0.2, 0) is 13.1 Å². The Bertz CT molecular complexity index is 1200. The fraction of sp³-hybridized carbons (Fsp3) is 0.333. The van der Waals surface area contributed by atoms with Crippen LogP contribution in [-0.4, -0.2) is 56.1 Å². The van der Waals surface area contributed by atoms with Crippen molar-refractivity contribution in [3.05, 3.63) is 96.1 Å². The maximum atomic E-state index is 12.0. The summed E-state index contributed by atoms with van der Waals surface area (Å²) in [5.74, 6) is 0.755. The molecule has 192 valence electrons. The number of carboxylic acid groups (broad SMARTS) is 1. The molecule has 0 spiro atoms. The van der Waals surface area contributed by atoms with E-state index in [1.54, 1.807) is 4.90 Å². The number of hydrogen-bond acceptors (Lipinski definition) is 4. The summed E-state index contributed by atoms with van der Waals surface area (Å²) in [4.78, 5) is 24.1. The minimum absolute atomic E-state index is 0.0107. The van der Waals surface area contributed by atoms with Crippen molar-refractivity contribution in [1.82, 2.24) is 19.8 Å². The zero-order valence-corrected chi connectivity index (χ0v) is 21.1. The fourth-order valence-electron chi connectivity index (χ4n) is 5.37. The average molecular weight is 498 g/mol. The number of imidazole rings is 1. The second-order valence-corrected chi connectivity index (χ2v) is 9.92. The molecule has 0 unspecified atom stereocenters.